The fraction of sp³-hybridized carbons (Fsp3) is 0.235. The highest BCUT2D eigenvalue weighted by Crippen LogP contribution is 2.24. The Morgan fingerprint density at radius 2 is 1.80 bits per heavy atom. The second-order valence-electron chi connectivity index (χ2n) is 5.14. The highest BCUT2D eigenvalue weighted by atomic mass is 32.1. The fourth-order valence-electron chi connectivity index (χ4n) is 2.27. The number of aryl methyl sites for hydroxylation is 1. The van der Waals surface area contributed by atoms with Crippen molar-refractivity contribution in [3.63, 3.8) is 0 Å². The maximum atomic E-state index is 12.4. The zero-order valence-electron chi connectivity index (χ0n) is 14.4. The van der Waals surface area contributed by atoms with Crippen LogP contribution in [-0.4, -0.2) is 35.8 Å². The van der Waals surface area contributed by atoms with Crippen LogP contribution in [0.15, 0.2) is 42.1 Å². The monoisotopic (exact) mass is 361 g/mol. The number of nitrogens with one attached hydrogen (secondary N) is 1. The Morgan fingerprint density at radius 3 is 2.28 bits per heavy atom. The van der Waals surface area contributed by atoms with Gasteiger partial charge in [-0.1, -0.05) is 18.2 Å². The van der Waals surface area contributed by atoms with E-state index in [4.69, 9.17) is 17.0 Å². The Balaban J connectivity index is 2.78. The first kappa shape index (κ1) is 18.5. The fourth-order valence-corrected chi connectivity index (χ4v) is 2.64. The van der Waals surface area contributed by atoms with Gasteiger partial charge in [0.15, 0.2) is 10.5 Å². The van der Waals surface area contributed by atoms with Gasteiger partial charge in [-0.3, -0.25) is 0 Å². The van der Waals surface area contributed by atoms with Gasteiger partial charge in [-0.25, -0.2) is 19.3 Å². The van der Waals surface area contributed by atoms with E-state index in [1.165, 1.54) is 19.2 Å². The summed E-state index contributed by atoms with van der Waals surface area (Å²) in [5, 5.41) is 1.52. The number of aromatic amines is 1. The second kappa shape index (κ2) is 7.80. The average Bonchev–Trinajstić information content (AvgIpc) is 2.87. The summed E-state index contributed by atoms with van der Waals surface area (Å²) in [7, 11) is 2.48. The highest BCUT2D eigenvalue weighted by Gasteiger charge is 2.25. The van der Waals surface area contributed by atoms with E-state index in [2.05, 4.69) is 9.72 Å². The third kappa shape index (κ3) is 3.80. The minimum Gasteiger partial charge on any atom is -0.466 e. The third-order valence-corrected chi connectivity index (χ3v) is 3.90. The molecule has 0 saturated carbocycles. The first-order valence-corrected chi connectivity index (χ1v) is 7.83. The highest BCUT2D eigenvalue weighted by molar-refractivity contribution is 7.71. The lowest BCUT2D eigenvalue weighted by molar-refractivity contribution is -0.138. The van der Waals surface area contributed by atoms with E-state index in [0.29, 0.717) is 10.5 Å². The Hall–Kier alpha value is -2.87. The van der Waals surface area contributed by atoms with Gasteiger partial charge >= 0.3 is 11.9 Å². The number of rotatable bonds is 5. The number of carbonyl (C=O) groups is 2. The normalized spacial score (nSPS) is 11.1. The summed E-state index contributed by atoms with van der Waals surface area (Å²) in [4.78, 5) is 27.2. The Labute approximate surface area is 150 Å². The van der Waals surface area contributed by atoms with Crippen LogP contribution in [0.1, 0.15) is 11.4 Å². The quantitative estimate of drug-likeness (QED) is 0.501. The minimum absolute atomic E-state index is 0.0289. The molecule has 1 N–H and O–H groups in total. The number of aromatic nitrogens is 2. The molecule has 25 heavy (non-hydrogen) atoms. The summed E-state index contributed by atoms with van der Waals surface area (Å²) >= 11 is 5.39. The molecule has 0 unspecified atom stereocenters. The lowest BCUT2D eigenvalue weighted by Crippen LogP contribution is -2.35. The van der Waals surface area contributed by atoms with Crippen molar-refractivity contribution in [1.29, 1.82) is 0 Å². The SMILES string of the molecule is COC(=O)/C=C(\C(=O)OC)N(c1ccccc1)n1c(C)c(C)[nH]c1=S. The standard InChI is InChI=1S/C17H19N3O4S/c1-11-12(2)19(17(25)18-11)20(13-8-6-5-7-9-13)14(16(22)24-4)10-15(21)23-3/h5-10H,1-4H3,(H,18,25)/b14-10+. The van der Waals surface area contributed by atoms with E-state index in [-0.39, 0.29) is 5.70 Å². The van der Waals surface area contributed by atoms with E-state index in [1.807, 2.05) is 32.0 Å². The molecule has 0 bridgehead atoms. The van der Waals surface area contributed by atoms with E-state index in [1.54, 1.807) is 16.8 Å². The van der Waals surface area contributed by atoms with Gasteiger partial charge in [0.05, 0.1) is 31.7 Å². The van der Waals surface area contributed by atoms with Crippen LogP contribution in [-0.2, 0) is 19.1 Å². The van der Waals surface area contributed by atoms with Gasteiger partial charge in [-0.15, -0.1) is 0 Å². The average molecular weight is 361 g/mol. The lowest BCUT2D eigenvalue weighted by Gasteiger charge is -2.27. The molecule has 0 atom stereocenters. The summed E-state index contributed by atoms with van der Waals surface area (Å²) in [5.74, 6) is -1.38. The van der Waals surface area contributed by atoms with Crippen LogP contribution in [0.3, 0.4) is 0 Å². The van der Waals surface area contributed by atoms with Crippen LogP contribution in [0, 0.1) is 18.6 Å². The maximum absolute atomic E-state index is 12.4. The number of para-hydroxylation sites is 1. The van der Waals surface area contributed by atoms with Crippen molar-refractivity contribution in [3.05, 3.63) is 58.3 Å². The molecule has 7 nitrogen and oxygen atoms in total. The molecule has 132 valence electrons. The summed E-state index contributed by atoms with van der Waals surface area (Å²) in [6.07, 6.45) is 1.07. The molecule has 2 rings (SSSR count). The Morgan fingerprint density at radius 1 is 1.16 bits per heavy atom. The molecule has 1 heterocycles. The third-order valence-electron chi connectivity index (χ3n) is 3.63. The van der Waals surface area contributed by atoms with Crippen LogP contribution in [0.2, 0.25) is 0 Å². The lowest BCUT2D eigenvalue weighted by atomic mass is 10.2. The zero-order valence-corrected chi connectivity index (χ0v) is 15.2. The number of methoxy groups -OCH3 is 2. The Bertz CT molecular complexity index is 868. The van der Waals surface area contributed by atoms with Crippen LogP contribution in [0.25, 0.3) is 0 Å². The van der Waals surface area contributed by atoms with Crippen molar-refractivity contribution < 1.29 is 19.1 Å². The van der Waals surface area contributed by atoms with Crippen LogP contribution < -0.4 is 5.01 Å². The van der Waals surface area contributed by atoms with Crippen molar-refractivity contribution in [2.75, 3.05) is 19.2 Å². The van der Waals surface area contributed by atoms with Crippen molar-refractivity contribution in [2.45, 2.75) is 13.8 Å². The van der Waals surface area contributed by atoms with Crippen molar-refractivity contribution >= 4 is 29.8 Å². The molecule has 0 fully saturated rings. The smallest absolute Gasteiger partial charge is 0.356 e. The largest absolute Gasteiger partial charge is 0.466 e. The molecule has 1 aromatic carbocycles. The minimum atomic E-state index is -0.700. The van der Waals surface area contributed by atoms with Gasteiger partial charge in [0.2, 0.25) is 0 Å². The number of nitrogens with zero attached hydrogens (tertiary/aromatic N) is 2. The molecule has 1 aromatic heterocycles. The Kier molecular flexibility index (Phi) is 5.76. The molecular formula is C17H19N3O4S. The van der Waals surface area contributed by atoms with Crippen molar-refractivity contribution in [2.24, 2.45) is 0 Å². The molecule has 0 aliphatic rings. The molecule has 2 aromatic rings. The topological polar surface area (TPSA) is 76.6 Å². The summed E-state index contributed by atoms with van der Waals surface area (Å²) in [6.45, 7) is 3.72. The molecule has 8 heteroatoms. The van der Waals surface area contributed by atoms with Gasteiger partial charge in [-0.2, -0.15) is 0 Å². The molecule has 0 aliphatic heterocycles. The number of benzene rings is 1. The summed E-state index contributed by atoms with van der Waals surface area (Å²) in [6, 6.07) is 9.05. The van der Waals surface area contributed by atoms with Crippen LogP contribution in [0.4, 0.5) is 5.69 Å². The number of esters is 2. The van der Waals surface area contributed by atoms with Crippen molar-refractivity contribution in [1.82, 2.24) is 9.66 Å². The van der Waals surface area contributed by atoms with Crippen LogP contribution in [0.5, 0.6) is 0 Å². The van der Waals surface area contributed by atoms with E-state index >= 15 is 0 Å². The summed E-state index contributed by atoms with van der Waals surface area (Å²) in [5.41, 5.74) is 2.22. The molecular weight excluding hydrogens is 342 g/mol. The number of H-pyrrole nitrogens is 1. The van der Waals surface area contributed by atoms with E-state index in [9.17, 15) is 9.59 Å². The van der Waals surface area contributed by atoms with E-state index in [0.717, 1.165) is 17.5 Å². The second-order valence-corrected chi connectivity index (χ2v) is 5.53. The van der Waals surface area contributed by atoms with Gasteiger partial charge < -0.3 is 14.5 Å². The number of ether oxygens (including phenoxy) is 2. The van der Waals surface area contributed by atoms with Gasteiger partial charge in [0.25, 0.3) is 0 Å². The molecule has 0 aliphatic carbocycles. The van der Waals surface area contributed by atoms with Crippen LogP contribution >= 0.6 is 12.2 Å². The molecule has 0 spiro atoms. The zero-order chi connectivity index (χ0) is 18.6. The first-order valence-electron chi connectivity index (χ1n) is 7.42. The molecule has 0 amide bonds. The summed E-state index contributed by atoms with van der Waals surface area (Å²) < 4.78 is 11.5. The number of hydrogen-bond acceptors (Lipinski definition) is 6. The predicted octanol–water partition coefficient (Wildman–Crippen LogP) is 2.66. The van der Waals surface area contributed by atoms with E-state index < -0.39 is 11.9 Å². The number of anilines is 1. The maximum Gasteiger partial charge on any atom is 0.356 e. The molecule has 0 radical (unpaired) electrons. The first-order chi connectivity index (χ1) is 11.9. The number of carbonyl (C=O) groups excluding carboxylic acids is 2. The van der Waals surface area contributed by atoms with Gasteiger partial charge in [-0.05, 0) is 38.2 Å². The van der Waals surface area contributed by atoms with Gasteiger partial charge in [0, 0.05) is 5.69 Å². The predicted molar refractivity (Wildman–Crippen MR) is 95.5 cm³/mol. The number of hydrogen-bond donors (Lipinski definition) is 1. The van der Waals surface area contributed by atoms with Gasteiger partial charge in [0.1, 0.15) is 0 Å². The van der Waals surface area contributed by atoms with Crippen molar-refractivity contribution in [3.8, 4) is 0 Å². The molecule has 0 saturated heterocycles. The number of imidazole rings is 1.